The van der Waals surface area contributed by atoms with Crippen LogP contribution in [-0.4, -0.2) is 13.6 Å². The average molecular weight is 231 g/mol. The van der Waals surface area contributed by atoms with Crippen molar-refractivity contribution in [3.05, 3.63) is 35.4 Å². The summed E-state index contributed by atoms with van der Waals surface area (Å²) < 4.78 is 0. The molecule has 1 heteroatoms. The minimum absolute atomic E-state index is 0.820. The van der Waals surface area contributed by atoms with E-state index in [4.69, 9.17) is 0 Å². The van der Waals surface area contributed by atoms with Crippen LogP contribution in [0.15, 0.2) is 24.3 Å². The van der Waals surface area contributed by atoms with E-state index in [0.29, 0.717) is 0 Å². The number of benzene rings is 1. The molecule has 1 aliphatic carbocycles. The van der Waals surface area contributed by atoms with Crippen LogP contribution in [0, 0.1) is 5.92 Å². The molecule has 17 heavy (non-hydrogen) atoms. The third-order valence-corrected chi connectivity index (χ3v) is 4.10. The minimum Gasteiger partial charge on any atom is -0.319 e. The Kier molecular flexibility index (Phi) is 4.61. The molecule has 1 aromatic carbocycles. The van der Waals surface area contributed by atoms with Gasteiger partial charge < -0.3 is 5.32 Å². The first-order valence-electron chi connectivity index (χ1n) is 7.03. The van der Waals surface area contributed by atoms with Crippen molar-refractivity contribution in [2.75, 3.05) is 13.6 Å². The third kappa shape index (κ3) is 3.57. The summed E-state index contributed by atoms with van der Waals surface area (Å²) >= 11 is 0. The van der Waals surface area contributed by atoms with Crippen LogP contribution in [0.25, 0.3) is 0 Å². The second-order valence-electron chi connectivity index (χ2n) is 5.56. The van der Waals surface area contributed by atoms with Gasteiger partial charge in [-0.1, -0.05) is 44.0 Å². The molecule has 0 bridgehead atoms. The molecule has 1 nitrogen and oxygen atoms in total. The summed E-state index contributed by atoms with van der Waals surface area (Å²) in [5.74, 6) is 1.76. The van der Waals surface area contributed by atoms with Gasteiger partial charge in [-0.05, 0) is 55.8 Å². The second kappa shape index (κ2) is 6.20. The van der Waals surface area contributed by atoms with Gasteiger partial charge in [-0.2, -0.15) is 0 Å². The van der Waals surface area contributed by atoms with E-state index >= 15 is 0 Å². The maximum absolute atomic E-state index is 3.22. The Morgan fingerprint density at radius 1 is 1.18 bits per heavy atom. The van der Waals surface area contributed by atoms with Crippen molar-refractivity contribution in [1.82, 2.24) is 5.32 Å². The van der Waals surface area contributed by atoms with E-state index in [2.05, 4.69) is 36.5 Å². The van der Waals surface area contributed by atoms with E-state index in [1.54, 1.807) is 5.56 Å². The Bertz CT molecular complexity index is 337. The SMILES string of the molecule is CNCCc1cccc(C2CCC(C)CC2)c1. The molecular weight excluding hydrogens is 206 g/mol. The molecule has 0 spiro atoms. The van der Waals surface area contributed by atoms with Crippen LogP contribution in [0.2, 0.25) is 0 Å². The average Bonchev–Trinajstić information content (AvgIpc) is 2.37. The molecule has 1 aromatic rings. The van der Waals surface area contributed by atoms with Gasteiger partial charge in [0.25, 0.3) is 0 Å². The fourth-order valence-electron chi connectivity index (χ4n) is 2.87. The molecule has 1 N–H and O–H groups in total. The van der Waals surface area contributed by atoms with Gasteiger partial charge in [-0.3, -0.25) is 0 Å². The maximum atomic E-state index is 3.22. The topological polar surface area (TPSA) is 12.0 Å². The molecule has 0 unspecified atom stereocenters. The number of rotatable bonds is 4. The van der Waals surface area contributed by atoms with E-state index in [9.17, 15) is 0 Å². The highest BCUT2D eigenvalue weighted by Crippen LogP contribution is 2.35. The number of hydrogen-bond donors (Lipinski definition) is 1. The molecule has 1 fully saturated rings. The van der Waals surface area contributed by atoms with E-state index in [1.807, 2.05) is 7.05 Å². The van der Waals surface area contributed by atoms with E-state index in [-0.39, 0.29) is 0 Å². The fraction of sp³-hybridized carbons (Fsp3) is 0.625. The first-order valence-corrected chi connectivity index (χ1v) is 7.03. The molecule has 0 aliphatic heterocycles. The molecule has 94 valence electrons. The molecule has 0 heterocycles. The van der Waals surface area contributed by atoms with Crippen LogP contribution in [0.5, 0.6) is 0 Å². The number of hydrogen-bond acceptors (Lipinski definition) is 1. The lowest BCUT2D eigenvalue weighted by Crippen LogP contribution is -2.12. The van der Waals surface area contributed by atoms with Crippen LogP contribution < -0.4 is 5.32 Å². The summed E-state index contributed by atoms with van der Waals surface area (Å²) in [5, 5.41) is 3.22. The normalized spacial score (nSPS) is 24.8. The van der Waals surface area contributed by atoms with Gasteiger partial charge in [0.15, 0.2) is 0 Å². The van der Waals surface area contributed by atoms with Crippen LogP contribution in [0.1, 0.15) is 49.7 Å². The molecule has 0 aromatic heterocycles. The van der Waals surface area contributed by atoms with Gasteiger partial charge in [0.1, 0.15) is 0 Å². The lowest BCUT2D eigenvalue weighted by atomic mass is 9.79. The van der Waals surface area contributed by atoms with E-state index in [0.717, 1.165) is 24.8 Å². The lowest BCUT2D eigenvalue weighted by Gasteiger charge is -2.26. The Hall–Kier alpha value is -0.820. The Morgan fingerprint density at radius 2 is 1.94 bits per heavy atom. The monoisotopic (exact) mass is 231 g/mol. The quantitative estimate of drug-likeness (QED) is 0.832. The smallest absolute Gasteiger partial charge is 0.00114 e. The summed E-state index contributed by atoms with van der Waals surface area (Å²) in [5.41, 5.74) is 3.06. The van der Waals surface area contributed by atoms with Crippen LogP contribution >= 0.6 is 0 Å². The first kappa shape index (κ1) is 12.6. The van der Waals surface area contributed by atoms with Gasteiger partial charge in [0.05, 0.1) is 0 Å². The number of nitrogens with one attached hydrogen (secondary N) is 1. The molecule has 1 aliphatic rings. The summed E-state index contributed by atoms with van der Waals surface area (Å²) in [6.45, 7) is 3.46. The second-order valence-corrected chi connectivity index (χ2v) is 5.56. The van der Waals surface area contributed by atoms with Gasteiger partial charge in [-0.25, -0.2) is 0 Å². The molecule has 0 saturated heterocycles. The number of likely N-dealkylation sites (N-methyl/N-ethyl adjacent to an activating group) is 1. The maximum Gasteiger partial charge on any atom is -0.00114 e. The Labute approximate surface area is 106 Å². The van der Waals surface area contributed by atoms with Gasteiger partial charge >= 0.3 is 0 Å². The highest BCUT2D eigenvalue weighted by atomic mass is 14.8. The molecule has 1 saturated carbocycles. The third-order valence-electron chi connectivity index (χ3n) is 4.10. The Balaban J connectivity index is 2.00. The first-order chi connectivity index (χ1) is 8.29. The lowest BCUT2D eigenvalue weighted by molar-refractivity contribution is 0.348. The Morgan fingerprint density at radius 3 is 2.65 bits per heavy atom. The molecule has 0 radical (unpaired) electrons. The predicted molar refractivity (Wildman–Crippen MR) is 74.4 cm³/mol. The van der Waals surface area contributed by atoms with Gasteiger partial charge in [0, 0.05) is 0 Å². The minimum atomic E-state index is 0.820. The van der Waals surface area contributed by atoms with Crippen molar-refractivity contribution in [3.8, 4) is 0 Å². The summed E-state index contributed by atoms with van der Waals surface area (Å²) in [6, 6.07) is 9.24. The van der Waals surface area contributed by atoms with Crippen molar-refractivity contribution in [2.45, 2.75) is 44.9 Å². The summed E-state index contributed by atoms with van der Waals surface area (Å²) in [7, 11) is 2.02. The molecule has 0 amide bonds. The highest BCUT2D eigenvalue weighted by Gasteiger charge is 2.19. The van der Waals surface area contributed by atoms with Gasteiger partial charge in [-0.15, -0.1) is 0 Å². The zero-order valence-electron chi connectivity index (χ0n) is 11.2. The van der Waals surface area contributed by atoms with E-state index in [1.165, 1.54) is 31.2 Å². The molecule has 2 rings (SSSR count). The summed E-state index contributed by atoms with van der Waals surface area (Å²) in [6.07, 6.45) is 6.73. The van der Waals surface area contributed by atoms with Crippen LogP contribution in [0.4, 0.5) is 0 Å². The van der Waals surface area contributed by atoms with Gasteiger partial charge in [0.2, 0.25) is 0 Å². The van der Waals surface area contributed by atoms with E-state index < -0.39 is 0 Å². The molecular formula is C16H25N. The van der Waals surface area contributed by atoms with Crippen molar-refractivity contribution in [2.24, 2.45) is 5.92 Å². The largest absolute Gasteiger partial charge is 0.319 e. The highest BCUT2D eigenvalue weighted by molar-refractivity contribution is 5.27. The molecule has 0 atom stereocenters. The fourth-order valence-corrected chi connectivity index (χ4v) is 2.87. The standard InChI is InChI=1S/C16H25N/c1-13-6-8-15(9-7-13)16-5-3-4-14(12-16)10-11-17-2/h3-5,12-13,15,17H,6-11H2,1-2H3. The van der Waals surface area contributed by atoms with Crippen LogP contribution in [-0.2, 0) is 6.42 Å². The van der Waals surface area contributed by atoms with Crippen molar-refractivity contribution in [3.63, 3.8) is 0 Å². The van der Waals surface area contributed by atoms with Crippen molar-refractivity contribution in [1.29, 1.82) is 0 Å². The zero-order chi connectivity index (χ0) is 12.1. The zero-order valence-corrected chi connectivity index (χ0v) is 11.2. The summed E-state index contributed by atoms with van der Waals surface area (Å²) in [4.78, 5) is 0. The van der Waals surface area contributed by atoms with Crippen LogP contribution in [0.3, 0.4) is 0 Å². The van der Waals surface area contributed by atoms with Crippen molar-refractivity contribution < 1.29 is 0 Å². The van der Waals surface area contributed by atoms with Crippen molar-refractivity contribution >= 4 is 0 Å². The predicted octanol–water partition coefficient (Wildman–Crippen LogP) is 3.74.